The maximum atomic E-state index is 12.7. The van der Waals surface area contributed by atoms with Crippen LogP contribution in [-0.2, 0) is 4.79 Å². The van der Waals surface area contributed by atoms with Gasteiger partial charge in [-0.1, -0.05) is 0 Å². The zero-order valence-electron chi connectivity index (χ0n) is 12.6. The molecule has 23 heavy (non-hydrogen) atoms. The normalized spacial score (nSPS) is 20.0. The van der Waals surface area contributed by atoms with Crippen LogP contribution in [0.4, 0.5) is 18.9 Å². The van der Waals surface area contributed by atoms with E-state index < -0.39 is 12.1 Å². The average molecular weight is 329 g/mol. The van der Waals surface area contributed by atoms with Crippen LogP contribution in [0.1, 0.15) is 12.8 Å². The van der Waals surface area contributed by atoms with Gasteiger partial charge < -0.3 is 9.64 Å². The van der Waals surface area contributed by atoms with Crippen LogP contribution in [0.2, 0.25) is 0 Å². The van der Waals surface area contributed by atoms with Crippen molar-refractivity contribution < 1.29 is 22.7 Å². The lowest BCUT2D eigenvalue weighted by atomic mass is 9.96. The number of hydrogen-bond acceptors (Lipinski definition) is 4. The Morgan fingerprint density at radius 1 is 1.30 bits per heavy atom. The number of rotatable bonds is 2. The van der Waals surface area contributed by atoms with Crippen LogP contribution in [0, 0.1) is 5.92 Å². The van der Waals surface area contributed by atoms with E-state index in [-0.39, 0.29) is 25.3 Å². The number of carbonyl (C=O) groups is 1. The number of hydrogen-bond donors (Lipinski definition) is 0. The second kappa shape index (κ2) is 6.35. The van der Waals surface area contributed by atoms with Crippen LogP contribution in [0.5, 0.6) is 5.75 Å². The van der Waals surface area contributed by atoms with Crippen molar-refractivity contribution in [2.24, 2.45) is 5.92 Å². The third-order valence-electron chi connectivity index (χ3n) is 4.33. The van der Waals surface area contributed by atoms with Gasteiger partial charge in [-0.2, -0.15) is 13.2 Å². The average Bonchev–Trinajstić information content (AvgIpc) is 2.54. The Bertz CT molecular complexity index is 571. The van der Waals surface area contributed by atoms with E-state index in [0.717, 1.165) is 0 Å². The number of pyridine rings is 1. The molecule has 0 unspecified atom stereocenters. The molecule has 0 N–H and O–H groups in total. The minimum absolute atomic E-state index is 0.0536. The van der Waals surface area contributed by atoms with Crippen molar-refractivity contribution in [3.05, 3.63) is 18.5 Å². The van der Waals surface area contributed by atoms with Gasteiger partial charge in [0.25, 0.3) is 0 Å². The van der Waals surface area contributed by atoms with Gasteiger partial charge in [0.15, 0.2) is 0 Å². The van der Waals surface area contributed by atoms with Gasteiger partial charge in [-0.05, 0) is 25.9 Å². The summed E-state index contributed by atoms with van der Waals surface area (Å²) in [4.78, 5) is 19.9. The number of fused-ring (bicyclic) bond motifs is 1. The summed E-state index contributed by atoms with van der Waals surface area (Å²) < 4.78 is 43.5. The Morgan fingerprint density at radius 3 is 2.74 bits per heavy atom. The Kier molecular flexibility index (Phi) is 4.43. The van der Waals surface area contributed by atoms with Gasteiger partial charge in [0.2, 0.25) is 5.91 Å². The molecular formula is C15H18F3N3O2. The molecule has 0 radical (unpaired) electrons. The second-order valence-electron chi connectivity index (χ2n) is 5.83. The van der Waals surface area contributed by atoms with Crippen molar-refractivity contribution in [2.45, 2.75) is 19.0 Å². The van der Waals surface area contributed by atoms with Gasteiger partial charge in [-0.15, -0.1) is 0 Å². The molecule has 1 amide bonds. The lowest BCUT2D eigenvalue weighted by Crippen LogP contribution is -2.47. The fourth-order valence-corrected chi connectivity index (χ4v) is 3.02. The van der Waals surface area contributed by atoms with E-state index in [4.69, 9.17) is 4.74 Å². The maximum Gasteiger partial charge on any atom is 0.391 e. The van der Waals surface area contributed by atoms with Gasteiger partial charge >= 0.3 is 6.18 Å². The maximum absolute atomic E-state index is 12.7. The summed E-state index contributed by atoms with van der Waals surface area (Å²) in [5, 5.41) is 0. The topological polar surface area (TPSA) is 45.7 Å². The molecule has 3 heterocycles. The van der Waals surface area contributed by atoms with Crippen LogP contribution in [0.15, 0.2) is 18.5 Å². The van der Waals surface area contributed by atoms with Crippen LogP contribution < -0.4 is 9.64 Å². The molecule has 0 bridgehead atoms. The molecule has 0 aromatic carbocycles. The summed E-state index contributed by atoms with van der Waals surface area (Å²) in [6.07, 6.45) is -0.863. The molecule has 1 aromatic rings. The minimum atomic E-state index is -4.13. The number of nitrogens with zero attached hydrogens (tertiary/aromatic N) is 3. The van der Waals surface area contributed by atoms with Gasteiger partial charge in [0.1, 0.15) is 18.0 Å². The monoisotopic (exact) mass is 329 g/mol. The largest absolute Gasteiger partial charge is 0.489 e. The number of likely N-dealkylation sites (tertiary alicyclic amines) is 1. The number of amides is 1. The first-order valence-corrected chi connectivity index (χ1v) is 7.61. The van der Waals surface area contributed by atoms with Crippen molar-refractivity contribution in [3.8, 4) is 5.75 Å². The van der Waals surface area contributed by atoms with Gasteiger partial charge in [-0.3, -0.25) is 14.7 Å². The molecule has 0 aliphatic carbocycles. The Balaban J connectivity index is 1.59. The molecule has 1 aromatic heterocycles. The van der Waals surface area contributed by atoms with E-state index in [1.165, 1.54) is 0 Å². The molecule has 2 aliphatic rings. The number of carbonyl (C=O) groups excluding carboxylic acids is 1. The molecule has 5 nitrogen and oxygen atoms in total. The predicted molar refractivity (Wildman–Crippen MR) is 77.3 cm³/mol. The highest BCUT2D eigenvalue weighted by molar-refractivity contribution is 5.96. The molecule has 0 saturated carbocycles. The summed E-state index contributed by atoms with van der Waals surface area (Å²) in [6, 6.07) is 1.70. The van der Waals surface area contributed by atoms with E-state index in [0.29, 0.717) is 37.7 Å². The van der Waals surface area contributed by atoms with Gasteiger partial charge in [-0.25, -0.2) is 0 Å². The van der Waals surface area contributed by atoms with E-state index >= 15 is 0 Å². The first-order valence-electron chi connectivity index (χ1n) is 7.61. The number of anilines is 1. The predicted octanol–water partition coefficient (Wildman–Crippen LogP) is 2.08. The number of ether oxygens (including phenoxy) is 1. The molecule has 1 fully saturated rings. The van der Waals surface area contributed by atoms with E-state index in [1.807, 2.05) is 0 Å². The Hall–Kier alpha value is -1.83. The second-order valence-corrected chi connectivity index (χ2v) is 5.83. The van der Waals surface area contributed by atoms with Crippen molar-refractivity contribution in [2.75, 3.05) is 37.7 Å². The number of piperidine rings is 1. The van der Waals surface area contributed by atoms with Crippen molar-refractivity contribution in [3.63, 3.8) is 0 Å². The van der Waals surface area contributed by atoms with Gasteiger partial charge in [0.05, 0.1) is 25.2 Å². The quantitative estimate of drug-likeness (QED) is 0.833. The standard InChI is InChI=1S/C15H18F3N3O2/c16-15(17,18)11-2-5-20(6-3-11)10-14(22)21-7-8-23-13-1-4-19-9-12(13)21/h1,4,9,11H,2-3,5-8,10H2. The third-order valence-corrected chi connectivity index (χ3v) is 4.33. The fourth-order valence-electron chi connectivity index (χ4n) is 3.02. The molecule has 8 heteroatoms. The summed E-state index contributed by atoms with van der Waals surface area (Å²) in [6.45, 7) is 1.54. The molecule has 2 aliphatic heterocycles. The van der Waals surface area contributed by atoms with E-state index in [1.54, 1.807) is 28.3 Å². The van der Waals surface area contributed by atoms with E-state index in [2.05, 4.69) is 4.98 Å². The zero-order chi connectivity index (χ0) is 16.4. The van der Waals surface area contributed by atoms with E-state index in [9.17, 15) is 18.0 Å². The highest BCUT2D eigenvalue weighted by Gasteiger charge is 2.41. The van der Waals surface area contributed by atoms with Crippen molar-refractivity contribution in [1.82, 2.24) is 9.88 Å². The first-order chi connectivity index (χ1) is 10.9. The Morgan fingerprint density at radius 2 is 2.04 bits per heavy atom. The Labute approximate surface area is 132 Å². The van der Waals surface area contributed by atoms with Crippen molar-refractivity contribution >= 4 is 11.6 Å². The van der Waals surface area contributed by atoms with Crippen LogP contribution >= 0.6 is 0 Å². The highest BCUT2D eigenvalue weighted by atomic mass is 19.4. The SMILES string of the molecule is O=C(CN1CCC(C(F)(F)F)CC1)N1CCOc2ccncc21. The molecule has 0 atom stereocenters. The molecule has 126 valence electrons. The van der Waals surface area contributed by atoms with Crippen LogP contribution in [0.25, 0.3) is 0 Å². The molecular weight excluding hydrogens is 311 g/mol. The highest BCUT2D eigenvalue weighted by Crippen LogP contribution is 2.34. The number of alkyl halides is 3. The lowest BCUT2D eigenvalue weighted by molar-refractivity contribution is -0.185. The third kappa shape index (κ3) is 3.57. The lowest BCUT2D eigenvalue weighted by Gasteiger charge is -2.35. The summed E-state index contributed by atoms with van der Waals surface area (Å²) >= 11 is 0. The van der Waals surface area contributed by atoms with Gasteiger partial charge in [0, 0.05) is 12.3 Å². The van der Waals surface area contributed by atoms with Crippen LogP contribution in [-0.4, -0.2) is 54.8 Å². The molecule has 0 spiro atoms. The smallest absolute Gasteiger partial charge is 0.391 e. The minimum Gasteiger partial charge on any atom is -0.489 e. The first kappa shape index (κ1) is 16.0. The summed E-state index contributed by atoms with van der Waals surface area (Å²) in [5.74, 6) is -0.773. The zero-order valence-corrected chi connectivity index (χ0v) is 12.6. The molecule has 1 saturated heterocycles. The molecule has 3 rings (SSSR count). The summed E-state index contributed by atoms with van der Waals surface area (Å²) in [7, 11) is 0. The number of aromatic nitrogens is 1. The van der Waals surface area contributed by atoms with Crippen molar-refractivity contribution in [1.29, 1.82) is 0 Å². The fraction of sp³-hybridized carbons (Fsp3) is 0.600. The number of halogens is 3. The summed E-state index contributed by atoms with van der Waals surface area (Å²) in [5.41, 5.74) is 0.619. The van der Waals surface area contributed by atoms with Crippen LogP contribution in [0.3, 0.4) is 0 Å².